The van der Waals surface area contributed by atoms with Crippen molar-refractivity contribution in [2.75, 3.05) is 33.1 Å². The second-order valence-electron chi connectivity index (χ2n) is 10.5. The number of amides is 2. The van der Waals surface area contributed by atoms with E-state index in [1.54, 1.807) is 31.7 Å². The van der Waals surface area contributed by atoms with E-state index in [1.165, 1.54) is 23.0 Å². The zero-order valence-corrected chi connectivity index (χ0v) is 25.6. The zero-order chi connectivity index (χ0) is 32.2. The molecule has 2 fully saturated rings. The SMILES string of the molecule is COc1ccc(C23CCC(NC(=O)Nc4nc(-c5c(F)cccc5Cl)cs4)CC2N(C)CC3)cc1OC.O=C(O)C(F)(F)F. The summed E-state index contributed by atoms with van der Waals surface area (Å²) in [5, 5.41) is 15.4. The Morgan fingerprint density at radius 3 is 2.50 bits per heavy atom. The van der Waals surface area contributed by atoms with Gasteiger partial charge >= 0.3 is 18.2 Å². The lowest BCUT2D eigenvalue weighted by molar-refractivity contribution is -0.192. The number of methoxy groups -OCH3 is 2. The number of hydrogen-bond donors (Lipinski definition) is 3. The molecule has 3 unspecified atom stereocenters. The number of ether oxygens (including phenoxy) is 2. The monoisotopic (exact) mass is 658 g/mol. The lowest BCUT2D eigenvalue weighted by atomic mass is 9.65. The number of nitrogens with zero attached hydrogens (tertiary/aromatic N) is 2. The van der Waals surface area contributed by atoms with Gasteiger partial charge in [-0.3, -0.25) is 5.32 Å². The molecule has 2 aliphatic rings. The molecule has 1 saturated heterocycles. The van der Waals surface area contributed by atoms with Crippen molar-refractivity contribution in [3.05, 3.63) is 58.2 Å². The van der Waals surface area contributed by atoms with E-state index in [2.05, 4.69) is 39.7 Å². The van der Waals surface area contributed by atoms with Crippen molar-refractivity contribution >= 4 is 40.1 Å². The number of carbonyl (C=O) groups is 2. The maximum atomic E-state index is 14.3. The van der Waals surface area contributed by atoms with Gasteiger partial charge in [0.2, 0.25) is 0 Å². The van der Waals surface area contributed by atoms with Crippen LogP contribution in [0.3, 0.4) is 0 Å². The van der Waals surface area contributed by atoms with Crippen molar-refractivity contribution in [2.45, 2.75) is 49.4 Å². The Kier molecular flexibility index (Phi) is 10.3. The van der Waals surface area contributed by atoms with Gasteiger partial charge in [-0.15, -0.1) is 11.3 Å². The van der Waals surface area contributed by atoms with Crippen molar-refractivity contribution in [1.29, 1.82) is 0 Å². The van der Waals surface area contributed by atoms with Crippen LogP contribution in [0, 0.1) is 5.82 Å². The summed E-state index contributed by atoms with van der Waals surface area (Å²) < 4.78 is 57.0. The molecule has 1 aliphatic heterocycles. The van der Waals surface area contributed by atoms with Crippen LogP contribution in [0.4, 0.5) is 27.5 Å². The van der Waals surface area contributed by atoms with Crippen LogP contribution in [0.25, 0.3) is 11.3 Å². The summed E-state index contributed by atoms with van der Waals surface area (Å²) in [6.07, 6.45) is -1.37. The Labute approximate surface area is 260 Å². The van der Waals surface area contributed by atoms with Gasteiger partial charge in [-0.05, 0) is 69.1 Å². The second kappa shape index (κ2) is 13.6. The molecule has 9 nitrogen and oxygen atoms in total. The van der Waals surface area contributed by atoms with E-state index in [0.29, 0.717) is 16.9 Å². The minimum atomic E-state index is -5.08. The number of alkyl halides is 3. The standard InChI is InChI=1S/C27H30ClFN4O3S.C2HF3O2/c1-33-12-11-27(16-7-8-21(35-2)22(13-16)36-3)10-9-17(14-23(27)33)30-25(34)32-26-31-20(15-37-26)24-18(28)5-4-6-19(24)29;3-2(4,5)1(6)7/h4-8,13,15,17,23H,9-12,14H2,1-3H3,(H2,30,31,32,34);(H,6,7). The summed E-state index contributed by atoms with van der Waals surface area (Å²) in [7, 11) is 5.46. The van der Waals surface area contributed by atoms with Crippen LogP contribution >= 0.6 is 22.9 Å². The van der Waals surface area contributed by atoms with Gasteiger partial charge < -0.3 is 24.8 Å². The number of hydrogen-bond acceptors (Lipinski definition) is 7. The van der Waals surface area contributed by atoms with Gasteiger partial charge in [0.1, 0.15) is 5.82 Å². The Bertz CT molecular complexity index is 1490. The molecular weight excluding hydrogens is 628 g/mol. The molecule has 2 heterocycles. The number of urea groups is 1. The van der Waals surface area contributed by atoms with E-state index in [0.717, 1.165) is 43.7 Å². The van der Waals surface area contributed by atoms with Gasteiger partial charge in [0, 0.05) is 22.9 Å². The first-order valence-electron chi connectivity index (χ1n) is 13.5. The number of halogens is 5. The summed E-state index contributed by atoms with van der Waals surface area (Å²) in [6, 6.07) is 10.7. The minimum absolute atomic E-state index is 0.00614. The molecule has 1 aliphatic carbocycles. The highest BCUT2D eigenvalue weighted by Gasteiger charge is 2.50. The summed E-state index contributed by atoms with van der Waals surface area (Å²) >= 11 is 7.39. The van der Waals surface area contributed by atoms with E-state index < -0.39 is 18.0 Å². The first kappa shape index (κ1) is 33.3. The Morgan fingerprint density at radius 2 is 1.86 bits per heavy atom. The lowest BCUT2D eigenvalue weighted by Gasteiger charge is -2.45. The molecule has 0 radical (unpaired) electrons. The molecule has 0 bridgehead atoms. The van der Waals surface area contributed by atoms with Gasteiger partial charge in [-0.2, -0.15) is 13.2 Å². The normalized spacial score (nSPS) is 21.5. The molecular formula is C29H31ClF4N4O5S. The van der Waals surface area contributed by atoms with Crippen LogP contribution in [-0.4, -0.2) is 73.1 Å². The van der Waals surface area contributed by atoms with Crippen molar-refractivity contribution in [2.24, 2.45) is 0 Å². The van der Waals surface area contributed by atoms with Crippen LogP contribution in [0.2, 0.25) is 5.02 Å². The molecule has 2 aromatic carbocycles. The van der Waals surface area contributed by atoms with E-state index >= 15 is 0 Å². The minimum Gasteiger partial charge on any atom is -0.493 e. The molecule has 5 rings (SSSR count). The number of benzene rings is 2. The number of carboxylic acid groups (broad SMARTS) is 1. The van der Waals surface area contributed by atoms with Crippen molar-refractivity contribution in [1.82, 2.24) is 15.2 Å². The molecule has 1 saturated carbocycles. The average Bonchev–Trinajstić information content (AvgIpc) is 3.56. The Hall–Kier alpha value is -3.62. The number of rotatable bonds is 6. The van der Waals surface area contributed by atoms with Gasteiger partial charge in [0.25, 0.3) is 0 Å². The number of carboxylic acids is 1. The van der Waals surface area contributed by atoms with Crippen LogP contribution in [0.1, 0.15) is 31.2 Å². The average molecular weight is 659 g/mol. The summed E-state index contributed by atoms with van der Waals surface area (Å²) in [5.41, 5.74) is 1.89. The quantitative estimate of drug-likeness (QED) is 0.257. The fourth-order valence-electron chi connectivity index (χ4n) is 5.90. The first-order valence-corrected chi connectivity index (χ1v) is 14.7. The maximum absolute atomic E-state index is 14.3. The third-order valence-corrected chi connectivity index (χ3v) is 9.08. The highest BCUT2D eigenvalue weighted by atomic mass is 35.5. The predicted octanol–water partition coefficient (Wildman–Crippen LogP) is 6.57. The summed E-state index contributed by atoms with van der Waals surface area (Å²) in [4.78, 5) is 28.5. The third kappa shape index (κ3) is 7.19. The summed E-state index contributed by atoms with van der Waals surface area (Å²) in [5.74, 6) is -1.75. The van der Waals surface area contributed by atoms with E-state index in [1.807, 2.05) is 6.07 Å². The van der Waals surface area contributed by atoms with Crippen molar-refractivity contribution in [3.63, 3.8) is 0 Å². The molecule has 0 spiro atoms. The molecule has 238 valence electrons. The molecule has 3 aromatic rings. The largest absolute Gasteiger partial charge is 0.493 e. The number of fused-ring (bicyclic) bond motifs is 1. The number of likely N-dealkylation sites (tertiary alicyclic amines) is 1. The van der Waals surface area contributed by atoms with Crippen molar-refractivity contribution in [3.8, 4) is 22.8 Å². The molecule has 2 amide bonds. The van der Waals surface area contributed by atoms with Crippen molar-refractivity contribution < 1.29 is 41.7 Å². The van der Waals surface area contributed by atoms with Gasteiger partial charge in [-0.25, -0.2) is 19.0 Å². The topological polar surface area (TPSA) is 113 Å². The highest BCUT2D eigenvalue weighted by molar-refractivity contribution is 7.14. The fraction of sp³-hybridized carbons (Fsp3) is 0.414. The molecule has 15 heteroatoms. The number of likely N-dealkylation sites (N-methyl/N-ethyl adjacent to an activating group) is 1. The predicted molar refractivity (Wildman–Crippen MR) is 158 cm³/mol. The van der Waals surface area contributed by atoms with Crippen LogP contribution in [0.15, 0.2) is 41.8 Å². The number of anilines is 1. The fourth-order valence-corrected chi connectivity index (χ4v) is 6.86. The van der Waals surface area contributed by atoms with E-state index in [9.17, 15) is 22.4 Å². The van der Waals surface area contributed by atoms with Gasteiger partial charge in [-0.1, -0.05) is 23.7 Å². The number of nitrogens with one attached hydrogen (secondary N) is 2. The Balaban J connectivity index is 0.000000566. The maximum Gasteiger partial charge on any atom is 0.490 e. The van der Waals surface area contributed by atoms with Crippen LogP contribution in [-0.2, 0) is 10.2 Å². The highest BCUT2D eigenvalue weighted by Crippen LogP contribution is 2.50. The molecule has 3 N–H and O–H groups in total. The molecule has 44 heavy (non-hydrogen) atoms. The second-order valence-corrected chi connectivity index (χ2v) is 11.7. The van der Waals surface area contributed by atoms with Gasteiger partial charge in [0.15, 0.2) is 16.6 Å². The number of carbonyl (C=O) groups excluding carboxylic acids is 1. The molecule has 1 aromatic heterocycles. The molecule has 3 atom stereocenters. The number of aliphatic carboxylic acids is 1. The smallest absolute Gasteiger partial charge is 0.490 e. The van der Waals surface area contributed by atoms with Gasteiger partial charge in [0.05, 0.1) is 30.5 Å². The van der Waals surface area contributed by atoms with Crippen LogP contribution < -0.4 is 20.1 Å². The lowest BCUT2D eigenvalue weighted by Crippen LogP contribution is -2.52. The third-order valence-electron chi connectivity index (χ3n) is 8.01. The van der Waals surface area contributed by atoms with Crippen LogP contribution in [0.5, 0.6) is 11.5 Å². The van der Waals surface area contributed by atoms with E-state index in [-0.39, 0.29) is 28.1 Å². The number of thiazole rings is 1. The summed E-state index contributed by atoms with van der Waals surface area (Å²) in [6.45, 7) is 0.998. The zero-order valence-electron chi connectivity index (χ0n) is 24.0. The Morgan fingerprint density at radius 1 is 1.16 bits per heavy atom. The number of aromatic nitrogens is 1. The van der Waals surface area contributed by atoms with E-state index in [4.69, 9.17) is 31.0 Å². The first-order chi connectivity index (χ1) is 20.8.